The van der Waals surface area contributed by atoms with Gasteiger partial charge in [0.2, 0.25) is 0 Å². The molecule has 0 saturated heterocycles. The van der Waals surface area contributed by atoms with Crippen molar-refractivity contribution in [1.82, 2.24) is 0 Å². The van der Waals surface area contributed by atoms with E-state index in [1.165, 1.54) is 33.0 Å². The van der Waals surface area contributed by atoms with Crippen molar-refractivity contribution in [3.8, 4) is 11.1 Å². The van der Waals surface area contributed by atoms with E-state index in [0.717, 1.165) is 6.42 Å². The first-order valence-corrected chi connectivity index (χ1v) is 25.0. The van der Waals surface area contributed by atoms with E-state index in [4.69, 9.17) is 0 Å². The van der Waals surface area contributed by atoms with Crippen LogP contribution in [0.15, 0.2) is 206 Å². The molecule has 0 saturated carbocycles. The Morgan fingerprint density at radius 3 is 0.492 bits per heavy atom. The fourth-order valence-corrected chi connectivity index (χ4v) is 4.37. The molecule has 0 radical (unpaired) electrons. The lowest BCUT2D eigenvalue weighted by atomic mass is 10.1. The lowest BCUT2D eigenvalue weighted by Crippen LogP contribution is -1.77. The molecular weight excluding hydrogens is 781 g/mol. The van der Waals surface area contributed by atoms with Crippen LogP contribution < -0.4 is 0 Å². The Balaban J connectivity index is -0.0000000666. The quantitative estimate of drug-likeness (QED) is 0.142. The SMILES string of the molecule is C.C.CC.CC.CC.CC.CC.CC.CC.CC.CC.CC.CC.c1ccc2c(c1)Cc1ccccc1-2.c1ccc2ccccc2c1.c1ccccc1.c1ccccc1.c1ccccc1. The van der Waals surface area contributed by atoms with Gasteiger partial charge >= 0.3 is 0 Å². The zero-order chi connectivity index (χ0) is 50.2. The van der Waals surface area contributed by atoms with Crippen molar-refractivity contribution in [2.75, 3.05) is 0 Å². The fraction of sp³-hybridized carbons (Fsp3) is 0.385. The maximum atomic E-state index is 2.22. The van der Waals surface area contributed by atoms with Gasteiger partial charge < -0.3 is 0 Å². The first kappa shape index (κ1) is 83.4. The molecule has 0 N–H and O–H groups in total. The minimum absolute atomic E-state index is 0. The lowest BCUT2D eigenvalue weighted by molar-refractivity contribution is 1.26. The molecule has 0 atom stereocenters. The summed E-state index contributed by atoms with van der Waals surface area (Å²) in [6.07, 6.45) is 1.10. The van der Waals surface area contributed by atoms with Gasteiger partial charge in [-0.05, 0) is 39.4 Å². The summed E-state index contributed by atoms with van der Waals surface area (Å²) < 4.78 is 0. The zero-order valence-corrected chi connectivity index (χ0v) is 45.3. The summed E-state index contributed by atoms with van der Waals surface area (Å²) >= 11 is 0. The highest BCUT2D eigenvalue weighted by molar-refractivity contribution is 5.82. The topological polar surface area (TPSA) is 0 Å². The monoisotopic (exact) mass is 891 g/mol. The van der Waals surface area contributed by atoms with Crippen LogP contribution in [-0.2, 0) is 6.42 Å². The second kappa shape index (κ2) is 86.0. The molecule has 0 unspecified atom stereocenters. The number of fused-ring (bicyclic) bond motifs is 4. The van der Waals surface area contributed by atoms with E-state index in [9.17, 15) is 0 Å². The molecule has 0 spiro atoms. The predicted molar refractivity (Wildman–Crippen MR) is 316 cm³/mol. The first-order chi connectivity index (χ1) is 31.4. The Bertz CT molecular complexity index is 1370. The Labute approximate surface area is 411 Å². The van der Waals surface area contributed by atoms with Crippen molar-refractivity contribution in [2.45, 2.75) is 174 Å². The zero-order valence-electron chi connectivity index (χ0n) is 45.3. The fourth-order valence-electron chi connectivity index (χ4n) is 4.37. The predicted octanol–water partition coefficient (Wildman–Crippen LogP) is 23.7. The maximum absolute atomic E-state index is 2.22. The highest BCUT2D eigenvalue weighted by Gasteiger charge is 2.15. The Kier molecular flexibility index (Phi) is 110. The van der Waals surface area contributed by atoms with E-state index in [1.54, 1.807) is 0 Å². The lowest BCUT2D eigenvalue weighted by Gasteiger charge is -1.98. The molecule has 0 heterocycles. The average molecular weight is 892 g/mol. The molecule has 0 nitrogen and oxygen atoms in total. The van der Waals surface area contributed by atoms with Gasteiger partial charge in [0.1, 0.15) is 0 Å². The minimum Gasteiger partial charge on any atom is -0.0776 e. The molecule has 0 fully saturated rings. The molecule has 8 rings (SSSR count). The van der Waals surface area contributed by atoms with Gasteiger partial charge in [0.05, 0.1) is 0 Å². The third-order valence-electron chi connectivity index (χ3n) is 6.36. The number of benzene rings is 7. The summed E-state index contributed by atoms with van der Waals surface area (Å²) in [4.78, 5) is 0. The third kappa shape index (κ3) is 51.3. The van der Waals surface area contributed by atoms with Crippen molar-refractivity contribution < 1.29 is 0 Å². The van der Waals surface area contributed by atoms with Gasteiger partial charge in [-0.2, -0.15) is 0 Å². The van der Waals surface area contributed by atoms with E-state index in [2.05, 4.69) is 97.1 Å². The van der Waals surface area contributed by atoms with Crippen LogP contribution in [-0.4, -0.2) is 0 Å². The van der Waals surface area contributed by atoms with Gasteiger partial charge in [0, 0.05) is 0 Å². The van der Waals surface area contributed by atoms with Crippen LogP contribution >= 0.6 is 0 Å². The molecule has 0 aliphatic heterocycles. The molecule has 7 aromatic carbocycles. The van der Waals surface area contributed by atoms with E-state index in [-0.39, 0.29) is 14.9 Å². The maximum Gasteiger partial charge on any atom is -0.00135 e. The van der Waals surface area contributed by atoms with Crippen molar-refractivity contribution >= 4 is 10.8 Å². The highest BCUT2D eigenvalue weighted by Crippen LogP contribution is 2.35. The van der Waals surface area contributed by atoms with Crippen LogP contribution in [0.4, 0.5) is 0 Å². The van der Waals surface area contributed by atoms with Gasteiger partial charge in [0.15, 0.2) is 0 Å². The average Bonchev–Trinajstić information content (AvgIpc) is 3.84. The van der Waals surface area contributed by atoms with E-state index < -0.39 is 0 Å². The van der Waals surface area contributed by atoms with E-state index in [1.807, 2.05) is 262 Å². The van der Waals surface area contributed by atoms with Crippen molar-refractivity contribution in [1.29, 1.82) is 0 Å². The van der Waals surface area contributed by atoms with Gasteiger partial charge in [-0.1, -0.05) is 373 Å². The van der Waals surface area contributed by atoms with Crippen LogP contribution in [0, 0.1) is 0 Å². The van der Waals surface area contributed by atoms with Gasteiger partial charge in [-0.3, -0.25) is 0 Å². The van der Waals surface area contributed by atoms with Gasteiger partial charge in [0.25, 0.3) is 0 Å². The second-order valence-electron chi connectivity index (χ2n) is 9.30. The molecule has 65 heavy (non-hydrogen) atoms. The largest absolute Gasteiger partial charge is 0.0776 e. The molecule has 0 heteroatoms. The Morgan fingerprint density at radius 1 is 0.185 bits per heavy atom. The smallest absolute Gasteiger partial charge is 0.00135 e. The third-order valence-corrected chi connectivity index (χ3v) is 6.36. The van der Waals surface area contributed by atoms with Gasteiger partial charge in [-0.25, -0.2) is 0 Å². The Hall–Kier alpha value is -5.20. The normalized spacial score (nSPS) is 7.23. The summed E-state index contributed by atoms with van der Waals surface area (Å²) in [7, 11) is 0. The molecule has 0 amide bonds. The van der Waals surface area contributed by atoms with Crippen LogP contribution in [0.3, 0.4) is 0 Å². The second-order valence-corrected chi connectivity index (χ2v) is 9.30. The summed E-state index contributed by atoms with van der Waals surface area (Å²) in [5.74, 6) is 0. The molecule has 0 aromatic heterocycles. The minimum atomic E-state index is 0. The molecule has 370 valence electrons. The van der Waals surface area contributed by atoms with Crippen LogP contribution in [0.1, 0.15) is 178 Å². The van der Waals surface area contributed by atoms with Crippen molar-refractivity contribution in [2.24, 2.45) is 0 Å². The first-order valence-electron chi connectivity index (χ1n) is 25.0. The van der Waals surface area contributed by atoms with Crippen molar-refractivity contribution in [3.05, 3.63) is 217 Å². The molecular formula is C65H110. The van der Waals surface area contributed by atoms with E-state index >= 15 is 0 Å². The summed E-state index contributed by atoms with van der Waals surface area (Å²) in [6, 6.07) is 70.0. The van der Waals surface area contributed by atoms with Gasteiger partial charge in [-0.15, -0.1) is 0 Å². The van der Waals surface area contributed by atoms with Crippen LogP contribution in [0.2, 0.25) is 0 Å². The molecule has 1 aliphatic rings. The highest BCUT2D eigenvalue weighted by atomic mass is 14.2. The van der Waals surface area contributed by atoms with Crippen LogP contribution in [0.5, 0.6) is 0 Å². The summed E-state index contributed by atoms with van der Waals surface area (Å²) in [6.45, 7) is 44.0. The number of hydrogen-bond donors (Lipinski definition) is 0. The molecule has 7 aromatic rings. The van der Waals surface area contributed by atoms with E-state index in [0.29, 0.717) is 0 Å². The number of rotatable bonds is 0. The number of hydrogen-bond acceptors (Lipinski definition) is 0. The summed E-state index contributed by atoms with van der Waals surface area (Å²) in [5.41, 5.74) is 5.75. The standard InChI is InChI=1S/C13H10.C10H8.3C6H6.11C2H6.2CH4/c1-3-7-12-10(5-1)9-11-6-2-4-8-13(11)12;1-2-6-10-8-4-3-7-9(10)5-1;3*1-2-4-6-5-3-1;11*1-2;;/h1-8H,9H2;1-8H;3*1-6H;11*1-2H3;2*1H4. The van der Waals surface area contributed by atoms with Crippen molar-refractivity contribution in [3.63, 3.8) is 0 Å². The Morgan fingerprint density at radius 2 is 0.323 bits per heavy atom. The molecule has 0 bridgehead atoms. The summed E-state index contributed by atoms with van der Waals surface area (Å²) in [5, 5.41) is 2.62. The molecule has 1 aliphatic carbocycles. The van der Waals surface area contributed by atoms with Crippen LogP contribution in [0.25, 0.3) is 21.9 Å².